The van der Waals surface area contributed by atoms with Crippen LogP contribution in [0.1, 0.15) is 0 Å². The summed E-state index contributed by atoms with van der Waals surface area (Å²) in [4.78, 5) is 0. The fourth-order valence-corrected chi connectivity index (χ4v) is 6.18. The molecule has 38 heavy (non-hydrogen) atoms. The van der Waals surface area contributed by atoms with Gasteiger partial charge in [0.15, 0.2) is 0 Å². The van der Waals surface area contributed by atoms with Crippen molar-refractivity contribution in [2.24, 2.45) is 0 Å². The van der Waals surface area contributed by atoms with Crippen LogP contribution in [-0.2, 0) is 0 Å². The molecule has 0 heterocycles. The van der Waals surface area contributed by atoms with E-state index in [1.54, 1.807) is 0 Å². The number of benzene rings is 7. The van der Waals surface area contributed by atoms with Gasteiger partial charge in [-0.25, -0.2) is 0 Å². The van der Waals surface area contributed by atoms with Gasteiger partial charge in [-0.05, 0) is 81.5 Å². The summed E-state index contributed by atoms with van der Waals surface area (Å²) in [6, 6.07) is 53.6. The second kappa shape index (κ2) is 8.30. The van der Waals surface area contributed by atoms with Crippen LogP contribution in [0, 0.1) is 0 Å². The zero-order chi connectivity index (χ0) is 25.1. The summed E-state index contributed by atoms with van der Waals surface area (Å²) < 4.78 is 0. The van der Waals surface area contributed by atoms with Gasteiger partial charge in [0.2, 0.25) is 0 Å². The average molecular weight is 481 g/mol. The Morgan fingerprint density at radius 3 is 1.18 bits per heavy atom. The van der Waals surface area contributed by atoms with Crippen molar-refractivity contribution >= 4 is 75.4 Å². The highest BCUT2D eigenvalue weighted by Gasteiger charge is 2.12. The molecule has 0 aromatic heterocycles. The first kappa shape index (κ1) is 21.2. The minimum Gasteiger partial charge on any atom is -0.0616 e. The Morgan fingerprint density at radius 2 is 0.658 bits per heavy atom. The Balaban J connectivity index is 1.71. The minimum absolute atomic E-state index is 1.19. The molecule has 0 heteroatoms. The first-order chi connectivity index (χ1) is 18.8. The smallest absolute Gasteiger partial charge is 0.00203 e. The van der Waals surface area contributed by atoms with Gasteiger partial charge < -0.3 is 0 Å². The highest BCUT2D eigenvalue weighted by molar-refractivity contribution is 6.32. The zero-order valence-corrected chi connectivity index (χ0v) is 20.9. The maximum atomic E-state index is 2.34. The van der Waals surface area contributed by atoms with Gasteiger partial charge in [-0.3, -0.25) is 0 Å². The Labute approximate surface area is 220 Å². The van der Waals surface area contributed by atoms with E-state index in [9.17, 15) is 0 Å². The van der Waals surface area contributed by atoms with E-state index in [1.807, 2.05) is 0 Å². The molecular weight excluding hydrogens is 456 g/mol. The number of rotatable bonds is 0. The van der Waals surface area contributed by atoms with Gasteiger partial charge in [-0.1, -0.05) is 140 Å². The highest BCUT2D eigenvalue weighted by atomic mass is 14.1. The van der Waals surface area contributed by atoms with E-state index in [4.69, 9.17) is 0 Å². The fourth-order valence-electron chi connectivity index (χ4n) is 6.18. The molecule has 0 saturated carbocycles. The van der Waals surface area contributed by atoms with E-state index in [0.29, 0.717) is 0 Å². The molecule has 0 aliphatic rings. The molecule has 9 aromatic carbocycles. The quantitative estimate of drug-likeness (QED) is 0.189. The lowest BCUT2D eigenvalue weighted by molar-refractivity contribution is 1.78. The van der Waals surface area contributed by atoms with Gasteiger partial charge in [-0.15, -0.1) is 0 Å². The van der Waals surface area contributed by atoms with Crippen molar-refractivity contribution in [3.05, 3.63) is 146 Å². The van der Waals surface area contributed by atoms with E-state index < -0.39 is 0 Å². The molecule has 0 saturated heterocycles. The van der Waals surface area contributed by atoms with Crippen molar-refractivity contribution in [3.63, 3.8) is 0 Å². The summed E-state index contributed by atoms with van der Waals surface area (Å²) in [5, 5.41) is 17.8. The Hall–Kier alpha value is -4.94. The molecule has 0 unspecified atom stereocenters. The Morgan fingerprint density at radius 1 is 0.237 bits per heavy atom. The topological polar surface area (TPSA) is 0 Å². The minimum atomic E-state index is 1.19. The SMILES string of the molecule is c1cc2ccc3ccccc3c3ccc4ccc5ccc(c6ccccc6ccc(c1)c2)c1ccc3c4c51. The summed E-state index contributed by atoms with van der Waals surface area (Å²) in [5.74, 6) is 0. The summed E-state index contributed by atoms with van der Waals surface area (Å²) in [6.07, 6.45) is 0. The number of fused-ring (bicyclic) bond motifs is 3. The highest BCUT2D eigenvalue weighted by Crippen LogP contribution is 2.40. The van der Waals surface area contributed by atoms with Gasteiger partial charge in [0, 0.05) is 0 Å². The third-order valence-corrected chi connectivity index (χ3v) is 7.99. The molecule has 0 amide bonds. The van der Waals surface area contributed by atoms with Crippen LogP contribution in [0.4, 0.5) is 0 Å². The molecular formula is C38H24. The van der Waals surface area contributed by atoms with Gasteiger partial charge in [-0.2, -0.15) is 0 Å². The van der Waals surface area contributed by atoms with Crippen LogP contribution in [-0.4, -0.2) is 0 Å². The van der Waals surface area contributed by atoms with Crippen LogP contribution < -0.4 is 0 Å². The maximum Gasteiger partial charge on any atom is -0.00203 e. The zero-order valence-electron chi connectivity index (χ0n) is 20.9. The van der Waals surface area contributed by atoms with Gasteiger partial charge in [0.05, 0.1) is 0 Å². The molecule has 0 spiro atoms. The van der Waals surface area contributed by atoms with E-state index in [-0.39, 0.29) is 0 Å². The van der Waals surface area contributed by atoms with Crippen LogP contribution in [0.5, 0.6) is 0 Å². The largest absolute Gasteiger partial charge is 0.0616 e. The van der Waals surface area contributed by atoms with Crippen molar-refractivity contribution in [2.45, 2.75) is 0 Å². The van der Waals surface area contributed by atoms with E-state index in [2.05, 4.69) is 146 Å². The average Bonchev–Trinajstić information content (AvgIpc) is 2.98. The van der Waals surface area contributed by atoms with Crippen molar-refractivity contribution in [1.82, 2.24) is 0 Å². The molecule has 176 valence electrons. The molecule has 9 aromatic rings. The molecule has 0 radical (unpaired) electrons. The van der Waals surface area contributed by atoms with Crippen molar-refractivity contribution in [2.75, 3.05) is 0 Å². The second-order valence-electron chi connectivity index (χ2n) is 10.2. The Bertz CT molecular complexity index is 2130. The molecule has 0 nitrogen and oxygen atoms in total. The molecule has 9 rings (SSSR count). The van der Waals surface area contributed by atoms with Crippen LogP contribution in [0.3, 0.4) is 0 Å². The lowest BCUT2D eigenvalue weighted by Crippen LogP contribution is -1.86. The fraction of sp³-hybridized carbons (Fsp3) is 0. The van der Waals surface area contributed by atoms with Crippen LogP contribution in [0.2, 0.25) is 0 Å². The summed E-state index contributed by atoms with van der Waals surface area (Å²) in [7, 11) is 0. The van der Waals surface area contributed by atoms with Crippen molar-refractivity contribution < 1.29 is 0 Å². The second-order valence-corrected chi connectivity index (χ2v) is 10.2. The van der Waals surface area contributed by atoms with Gasteiger partial charge in [0.1, 0.15) is 0 Å². The predicted molar refractivity (Wildman–Crippen MR) is 167 cm³/mol. The van der Waals surface area contributed by atoms with Crippen LogP contribution >= 0.6 is 0 Å². The van der Waals surface area contributed by atoms with E-state index in [0.717, 1.165) is 0 Å². The molecule has 8 bridgehead atoms. The molecule has 0 aliphatic carbocycles. The van der Waals surface area contributed by atoms with Crippen LogP contribution in [0.25, 0.3) is 75.4 Å². The van der Waals surface area contributed by atoms with E-state index in [1.165, 1.54) is 75.4 Å². The van der Waals surface area contributed by atoms with Crippen molar-refractivity contribution in [3.8, 4) is 0 Å². The normalized spacial score (nSPS) is 11.7. The summed E-state index contributed by atoms with van der Waals surface area (Å²) in [5.41, 5.74) is 0. The van der Waals surface area contributed by atoms with Gasteiger partial charge >= 0.3 is 0 Å². The third kappa shape index (κ3) is 3.24. The molecule has 0 atom stereocenters. The standard InChI is InChI=1S/C38H24/c1-3-10-31-27(8-1)14-12-25-6-5-7-26(24-25)13-15-28-9-2-4-11-32(28)34-21-19-30-17-16-29-18-20-33(31)35-22-23-36(34)38(30)37(29)35/h1-24H. The third-order valence-electron chi connectivity index (χ3n) is 7.99. The number of hydrogen-bond donors (Lipinski definition) is 0. The number of hydrogen-bond acceptors (Lipinski definition) is 0. The monoisotopic (exact) mass is 480 g/mol. The Kier molecular flexibility index (Phi) is 4.62. The first-order valence-electron chi connectivity index (χ1n) is 13.2. The van der Waals surface area contributed by atoms with E-state index >= 15 is 0 Å². The van der Waals surface area contributed by atoms with Crippen LogP contribution in [0.15, 0.2) is 146 Å². The molecule has 0 aliphatic heterocycles. The summed E-state index contributed by atoms with van der Waals surface area (Å²) >= 11 is 0. The molecule has 0 N–H and O–H groups in total. The van der Waals surface area contributed by atoms with Gasteiger partial charge in [0.25, 0.3) is 0 Å². The lowest BCUT2D eigenvalue weighted by atomic mass is 9.90. The first-order valence-corrected chi connectivity index (χ1v) is 13.2. The predicted octanol–water partition coefficient (Wildman–Crippen LogP) is 10.9. The van der Waals surface area contributed by atoms with Crippen molar-refractivity contribution in [1.29, 1.82) is 0 Å². The maximum absolute atomic E-state index is 2.34. The summed E-state index contributed by atoms with van der Waals surface area (Å²) in [6.45, 7) is 0. The molecule has 0 fully saturated rings. The lowest BCUT2D eigenvalue weighted by Gasteiger charge is -2.14.